The molecule has 1 aliphatic rings. The first-order valence-corrected chi connectivity index (χ1v) is 6.69. The monoisotopic (exact) mass is 282 g/mol. The average Bonchev–Trinajstić information content (AvgIpc) is 2.16. The van der Waals surface area contributed by atoms with Gasteiger partial charge in [0.05, 0.1) is 0 Å². The van der Waals surface area contributed by atoms with Gasteiger partial charge in [-0.3, -0.25) is 4.90 Å². The van der Waals surface area contributed by atoms with E-state index in [0.717, 1.165) is 10.5 Å². The van der Waals surface area contributed by atoms with Crippen LogP contribution in [0.3, 0.4) is 0 Å². The molecule has 3 heteroatoms. The minimum Gasteiger partial charge on any atom is -0.329 e. The van der Waals surface area contributed by atoms with Gasteiger partial charge in [0.1, 0.15) is 0 Å². The lowest BCUT2D eigenvalue weighted by Gasteiger charge is -2.39. The van der Waals surface area contributed by atoms with Gasteiger partial charge in [0.25, 0.3) is 0 Å². The van der Waals surface area contributed by atoms with E-state index in [0.29, 0.717) is 12.6 Å². The molecule has 1 atom stereocenters. The second-order valence-corrected chi connectivity index (χ2v) is 5.47. The molecule has 2 nitrogen and oxygen atoms in total. The van der Waals surface area contributed by atoms with Crippen LogP contribution in [0.15, 0.2) is 28.7 Å². The summed E-state index contributed by atoms with van der Waals surface area (Å²) in [4.78, 5) is 2.44. The zero-order valence-electron chi connectivity index (χ0n) is 9.70. The lowest BCUT2D eigenvalue weighted by atomic mass is 9.89. The van der Waals surface area contributed by atoms with E-state index >= 15 is 0 Å². The maximum absolute atomic E-state index is 5.92. The molecule has 1 aromatic carbocycles. The second-order valence-electron chi connectivity index (χ2n) is 4.56. The number of nitrogens with zero attached hydrogens (tertiary/aromatic N) is 1. The van der Waals surface area contributed by atoms with Crippen LogP contribution in [0.1, 0.15) is 30.9 Å². The Morgan fingerprint density at radius 2 is 2.25 bits per heavy atom. The predicted molar refractivity (Wildman–Crippen MR) is 71.3 cm³/mol. The Hall–Kier alpha value is -0.380. The zero-order chi connectivity index (χ0) is 11.5. The van der Waals surface area contributed by atoms with Crippen molar-refractivity contribution in [3.8, 4) is 0 Å². The number of rotatable bonds is 4. The minimum atomic E-state index is 0.350. The minimum absolute atomic E-state index is 0.350. The van der Waals surface area contributed by atoms with Crippen LogP contribution in [0, 0.1) is 0 Å². The Morgan fingerprint density at radius 3 is 2.75 bits per heavy atom. The van der Waals surface area contributed by atoms with Crippen LogP contribution in [-0.4, -0.2) is 24.5 Å². The largest absolute Gasteiger partial charge is 0.329 e. The highest BCUT2D eigenvalue weighted by Crippen LogP contribution is 2.31. The first-order valence-electron chi connectivity index (χ1n) is 5.90. The van der Waals surface area contributed by atoms with E-state index in [1.807, 2.05) is 0 Å². The van der Waals surface area contributed by atoms with Crippen molar-refractivity contribution in [2.24, 2.45) is 5.73 Å². The molecular formula is C13H19BrN2. The lowest BCUT2D eigenvalue weighted by molar-refractivity contribution is 0.113. The Balaban J connectivity index is 2.14. The molecular weight excluding hydrogens is 264 g/mol. The summed E-state index contributed by atoms with van der Waals surface area (Å²) in [6, 6.07) is 9.55. The van der Waals surface area contributed by atoms with Gasteiger partial charge in [-0.15, -0.1) is 0 Å². The van der Waals surface area contributed by atoms with E-state index in [-0.39, 0.29) is 0 Å². The van der Waals surface area contributed by atoms with Crippen molar-refractivity contribution in [3.63, 3.8) is 0 Å². The molecule has 88 valence electrons. The second kappa shape index (κ2) is 5.30. The molecule has 0 aliphatic heterocycles. The number of nitrogens with two attached hydrogens (primary N) is 1. The summed E-state index contributed by atoms with van der Waals surface area (Å²) in [5, 5.41) is 0. The highest BCUT2D eigenvalue weighted by molar-refractivity contribution is 9.10. The SMILES string of the molecule is CN(C1CCC1)C(CN)c1cccc(Br)c1. The van der Waals surface area contributed by atoms with Crippen molar-refractivity contribution >= 4 is 15.9 Å². The molecule has 1 saturated carbocycles. The van der Waals surface area contributed by atoms with Crippen molar-refractivity contribution in [2.75, 3.05) is 13.6 Å². The van der Waals surface area contributed by atoms with Gasteiger partial charge in [-0.1, -0.05) is 34.5 Å². The third-order valence-corrected chi connectivity index (χ3v) is 4.09. The smallest absolute Gasteiger partial charge is 0.0470 e. The van der Waals surface area contributed by atoms with E-state index in [2.05, 4.69) is 52.1 Å². The van der Waals surface area contributed by atoms with Gasteiger partial charge in [-0.2, -0.15) is 0 Å². The summed E-state index contributed by atoms with van der Waals surface area (Å²) in [5.41, 5.74) is 7.23. The highest BCUT2D eigenvalue weighted by atomic mass is 79.9. The Bertz CT molecular complexity index is 350. The highest BCUT2D eigenvalue weighted by Gasteiger charge is 2.27. The summed E-state index contributed by atoms with van der Waals surface area (Å²) < 4.78 is 1.13. The van der Waals surface area contributed by atoms with Crippen LogP contribution in [0.5, 0.6) is 0 Å². The fourth-order valence-electron chi connectivity index (χ4n) is 2.30. The molecule has 16 heavy (non-hydrogen) atoms. The summed E-state index contributed by atoms with van der Waals surface area (Å²) in [6.07, 6.45) is 4.01. The maximum Gasteiger partial charge on any atom is 0.0470 e. The van der Waals surface area contributed by atoms with E-state index in [9.17, 15) is 0 Å². The molecule has 0 heterocycles. The summed E-state index contributed by atoms with van der Waals surface area (Å²) in [6.45, 7) is 0.684. The van der Waals surface area contributed by atoms with Gasteiger partial charge in [-0.25, -0.2) is 0 Å². The maximum atomic E-state index is 5.92. The van der Waals surface area contributed by atoms with E-state index in [1.165, 1.54) is 24.8 Å². The van der Waals surface area contributed by atoms with Gasteiger partial charge in [0.2, 0.25) is 0 Å². The first-order chi connectivity index (χ1) is 7.72. The fraction of sp³-hybridized carbons (Fsp3) is 0.538. The lowest BCUT2D eigenvalue weighted by Crippen LogP contribution is -2.42. The quantitative estimate of drug-likeness (QED) is 0.920. The van der Waals surface area contributed by atoms with E-state index in [4.69, 9.17) is 5.73 Å². The van der Waals surface area contributed by atoms with Gasteiger partial charge in [0, 0.05) is 23.1 Å². The normalized spacial score (nSPS) is 18.5. The third kappa shape index (κ3) is 2.47. The summed E-state index contributed by atoms with van der Waals surface area (Å²) in [5.74, 6) is 0. The number of hydrogen-bond acceptors (Lipinski definition) is 2. The summed E-state index contributed by atoms with van der Waals surface area (Å²) in [7, 11) is 2.20. The number of likely N-dealkylation sites (N-methyl/N-ethyl adjacent to an activating group) is 1. The molecule has 0 spiro atoms. The molecule has 0 bridgehead atoms. The van der Waals surface area contributed by atoms with Crippen molar-refractivity contribution in [2.45, 2.75) is 31.3 Å². The number of hydrogen-bond donors (Lipinski definition) is 1. The Morgan fingerprint density at radius 1 is 1.50 bits per heavy atom. The van der Waals surface area contributed by atoms with Crippen LogP contribution in [0.4, 0.5) is 0 Å². The molecule has 0 saturated heterocycles. The molecule has 0 aromatic heterocycles. The number of halogens is 1. The number of benzene rings is 1. The predicted octanol–water partition coefficient (Wildman–Crippen LogP) is 2.93. The van der Waals surface area contributed by atoms with Gasteiger partial charge in [-0.05, 0) is 37.6 Å². The fourth-order valence-corrected chi connectivity index (χ4v) is 2.72. The van der Waals surface area contributed by atoms with Crippen molar-refractivity contribution in [1.29, 1.82) is 0 Å². The van der Waals surface area contributed by atoms with Crippen LogP contribution < -0.4 is 5.73 Å². The average molecular weight is 283 g/mol. The zero-order valence-corrected chi connectivity index (χ0v) is 11.3. The summed E-state index contributed by atoms with van der Waals surface area (Å²) >= 11 is 3.52. The van der Waals surface area contributed by atoms with Gasteiger partial charge in [0.15, 0.2) is 0 Å². The van der Waals surface area contributed by atoms with Crippen molar-refractivity contribution < 1.29 is 0 Å². The van der Waals surface area contributed by atoms with Crippen LogP contribution in [0.2, 0.25) is 0 Å². The molecule has 0 amide bonds. The third-order valence-electron chi connectivity index (χ3n) is 3.60. The molecule has 0 radical (unpaired) electrons. The van der Waals surface area contributed by atoms with E-state index in [1.54, 1.807) is 0 Å². The van der Waals surface area contributed by atoms with Crippen LogP contribution >= 0.6 is 15.9 Å². The van der Waals surface area contributed by atoms with E-state index < -0.39 is 0 Å². The Kier molecular flexibility index (Phi) is 4.00. The van der Waals surface area contributed by atoms with Crippen molar-refractivity contribution in [3.05, 3.63) is 34.3 Å². The first kappa shape index (κ1) is 12.1. The van der Waals surface area contributed by atoms with Gasteiger partial charge < -0.3 is 5.73 Å². The standard InChI is InChI=1S/C13H19BrN2/c1-16(12-6-3-7-12)13(9-15)10-4-2-5-11(14)8-10/h2,4-5,8,12-13H,3,6-7,9,15H2,1H3. The molecule has 1 unspecified atom stereocenters. The molecule has 2 N–H and O–H groups in total. The molecule has 1 fully saturated rings. The van der Waals surface area contributed by atoms with Gasteiger partial charge >= 0.3 is 0 Å². The van der Waals surface area contributed by atoms with Crippen LogP contribution in [0.25, 0.3) is 0 Å². The Labute approximate surface area is 106 Å². The van der Waals surface area contributed by atoms with Crippen molar-refractivity contribution in [1.82, 2.24) is 4.90 Å². The molecule has 2 rings (SSSR count). The van der Waals surface area contributed by atoms with Crippen LogP contribution in [-0.2, 0) is 0 Å². The molecule has 1 aliphatic carbocycles. The molecule has 1 aromatic rings. The topological polar surface area (TPSA) is 29.3 Å².